The van der Waals surface area contributed by atoms with Crippen LogP contribution in [0.3, 0.4) is 0 Å². The van der Waals surface area contributed by atoms with Crippen molar-refractivity contribution in [2.45, 2.75) is 38.8 Å². The number of likely N-dealkylation sites (tertiary alicyclic amines) is 1. The van der Waals surface area contributed by atoms with Crippen LogP contribution in [0.2, 0.25) is 0 Å². The molecule has 1 heterocycles. The second-order valence-corrected chi connectivity index (χ2v) is 6.86. The minimum Gasteiger partial charge on any atom is -0.494 e. The van der Waals surface area contributed by atoms with Crippen LogP contribution < -0.4 is 14.8 Å². The smallest absolute Gasteiger partial charge is 0.318 e. The molecule has 0 spiro atoms. The summed E-state index contributed by atoms with van der Waals surface area (Å²) in [4.78, 5) is 14.6. The molecule has 0 radical (unpaired) electrons. The summed E-state index contributed by atoms with van der Waals surface area (Å²) in [7, 11) is 0. The maximum Gasteiger partial charge on any atom is 0.318 e. The Kier molecular flexibility index (Phi) is 7.27. The molecule has 1 atom stereocenters. The molecule has 1 aliphatic rings. The molecular formula is C22H26F2N2O3. The van der Waals surface area contributed by atoms with Gasteiger partial charge in [-0.1, -0.05) is 24.3 Å². The highest BCUT2D eigenvalue weighted by Crippen LogP contribution is 2.32. The van der Waals surface area contributed by atoms with E-state index in [1.165, 1.54) is 0 Å². The van der Waals surface area contributed by atoms with Crippen LogP contribution in [0.25, 0.3) is 0 Å². The van der Waals surface area contributed by atoms with Gasteiger partial charge in [-0.2, -0.15) is 0 Å². The third kappa shape index (κ3) is 5.82. The molecule has 0 aromatic heterocycles. The van der Waals surface area contributed by atoms with Crippen LogP contribution >= 0.6 is 0 Å². The van der Waals surface area contributed by atoms with Crippen LogP contribution in [-0.4, -0.2) is 37.1 Å². The van der Waals surface area contributed by atoms with Crippen molar-refractivity contribution in [2.75, 3.05) is 19.8 Å². The molecule has 0 aliphatic carbocycles. The molecule has 1 N–H and O–H groups in total. The average molecular weight is 404 g/mol. The number of carbonyl (C=O) groups excluding carboxylic acids is 1. The topological polar surface area (TPSA) is 50.8 Å². The van der Waals surface area contributed by atoms with Crippen molar-refractivity contribution in [3.8, 4) is 11.5 Å². The summed E-state index contributed by atoms with van der Waals surface area (Å²) in [6, 6.07) is 14.6. The van der Waals surface area contributed by atoms with Gasteiger partial charge in [-0.05, 0) is 55.2 Å². The molecule has 3 rings (SSSR count). The Bertz CT molecular complexity index is 799. The van der Waals surface area contributed by atoms with Crippen LogP contribution in [0.4, 0.5) is 13.6 Å². The van der Waals surface area contributed by atoms with E-state index in [4.69, 9.17) is 9.47 Å². The number of hydrogen-bond donors (Lipinski definition) is 1. The molecule has 0 saturated carbocycles. The second kappa shape index (κ2) is 10.1. The monoisotopic (exact) mass is 404 g/mol. The number of nitrogens with zero attached hydrogens (tertiary/aromatic N) is 1. The Morgan fingerprint density at radius 3 is 2.69 bits per heavy atom. The lowest BCUT2D eigenvalue weighted by molar-refractivity contribution is 0.0818. The van der Waals surface area contributed by atoms with E-state index in [0.717, 1.165) is 29.7 Å². The molecule has 0 bridgehead atoms. The van der Waals surface area contributed by atoms with E-state index in [9.17, 15) is 13.6 Å². The minimum absolute atomic E-state index is 0.0337. The minimum atomic E-state index is -2.52. The molecule has 2 aromatic rings. The first-order chi connectivity index (χ1) is 14.1. The summed E-state index contributed by atoms with van der Waals surface area (Å²) in [6.07, 6.45) is -0.659. The fourth-order valence-electron chi connectivity index (χ4n) is 3.49. The Balaban J connectivity index is 1.57. The molecular weight excluding hydrogens is 378 g/mol. The van der Waals surface area contributed by atoms with Crippen molar-refractivity contribution in [1.29, 1.82) is 0 Å². The van der Waals surface area contributed by atoms with Crippen LogP contribution in [0.5, 0.6) is 11.5 Å². The third-order valence-corrected chi connectivity index (χ3v) is 4.81. The van der Waals surface area contributed by atoms with Gasteiger partial charge >= 0.3 is 6.03 Å². The van der Waals surface area contributed by atoms with Crippen LogP contribution in [0.15, 0.2) is 48.5 Å². The third-order valence-electron chi connectivity index (χ3n) is 4.81. The first-order valence-electron chi connectivity index (χ1n) is 9.84. The number of ether oxygens (including phenoxy) is 2. The van der Waals surface area contributed by atoms with E-state index in [-0.39, 0.29) is 12.1 Å². The summed E-state index contributed by atoms with van der Waals surface area (Å²) >= 11 is 0. The van der Waals surface area contributed by atoms with Crippen molar-refractivity contribution in [2.24, 2.45) is 0 Å². The zero-order chi connectivity index (χ0) is 20.6. The summed E-state index contributed by atoms with van der Waals surface area (Å²) in [6.45, 7) is 2.91. The van der Waals surface area contributed by atoms with Gasteiger partial charge in [0.25, 0.3) is 6.43 Å². The van der Waals surface area contributed by atoms with E-state index < -0.39 is 13.0 Å². The molecule has 1 fully saturated rings. The van der Waals surface area contributed by atoms with E-state index in [1.807, 2.05) is 42.2 Å². The molecule has 5 nitrogen and oxygen atoms in total. The largest absolute Gasteiger partial charge is 0.494 e. The molecule has 29 heavy (non-hydrogen) atoms. The van der Waals surface area contributed by atoms with Gasteiger partial charge in [0.15, 0.2) is 0 Å². The van der Waals surface area contributed by atoms with Gasteiger partial charge in [-0.3, -0.25) is 0 Å². The summed E-state index contributed by atoms with van der Waals surface area (Å²) in [5.41, 5.74) is 1.88. The van der Waals surface area contributed by atoms with Crippen molar-refractivity contribution >= 4 is 6.03 Å². The number of halogens is 2. The standard InChI is InChI=1S/C22H26F2N2O3/c1-2-28-18-10-8-17(9-11-18)20-7-4-12-26(20)22(27)25-14-16-5-3-6-19(13-16)29-15-21(23)24/h3,5-6,8-11,13,20-21H,2,4,7,12,14-15H2,1H3,(H,25,27). The van der Waals surface area contributed by atoms with Crippen molar-refractivity contribution < 1.29 is 23.0 Å². The van der Waals surface area contributed by atoms with Gasteiger partial charge in [-0.15, -0.1) is 0 Å². The van der Waals surface area contributed by atoms with Crippen LogP contribution in [0, 0.1) is 0 Å². The number of rotatable bonds is 8. The number of nitrogens with one attached hydrogen (secondary N) is 1. The Morgan fingerprint density at radius 1 is 1.17 bits per heavy atom. The van der Waals surface area contributed by atoms with Crippen molar-refractivity contribution in [3.05, 3.63) is 59.7 Å². The summed E-state index contributed by atoms with van der Waals surface area (Å²) in [5, 5.41) is 2.92. The van der Waals surface area contributed by atoms with Crippen LogP contribution in [0.1, 0.15) is 36.9 Å². The second-order valence-electron chi connectivity index (χ2n) is 6.86. The van der Waals surface area contributed by atoms with Gasteiger partial charge in [0, 0.05) is 13.1 Å². The van der Waals surface area contributed by atoms with Gasteiger partial charge in [0.1, 0.15) is 18.1 Å². The van der Waals surface area contributed by atoms with Gasteiger partial charge in [0.2, 0.25) is 0 Å². The normalized spacial score (nSPS) is 16.1. The fraction of sp³-hybridized carbons (Fsp3) is 0.409. The fourth-order valence-corrected chi connectivity index (χ4v) is 3.49. The molecule has 1 aliphatic heterocycles. The molecule has 7 heteroatoms. The lowest BCUT2D eigenvalue weighted by Gasteiger charge is -2.25. The molecule has 2 aromatic carbocycles. The van der Waals surface area contributed by atoms with Gasteiger partial charge in [-0.25, -0.2) is 13.6 Å². The summed E-state index contributed by atoms with van der Waals surface area (Å²) < 4.78 is 35.1. The lowest BCUT2D eigenvalue weighted by Crippen LogP contribution is -2.39. The first kappa shape index (κ1) is 20.9. The summed E-state index contributed by atoms with van der Waals surface area (Å²) in [5.74, 6) is 1.18. The van der Waals surface area contributed by atoms with Crippen LogP contribution in [-0.2, 0) is 6.54 Å². The number of amides is 2. The Hall–Kier alpha value is -2.83. The molecule has 2 amide bonds. The van der Waals surface area contributed by atoms with E-state index in [1.54, 1.807) is 18.2 Å². The predicted molar refractivity (Wildman–Crippen MR) is 106 cm³/mol. The number of carbonyl (C=O) groups is 1. The Morgan fingerprint density at radius 2 is 1.97 bits per heavy atom. The number of benzene rings is 2. The van der Waals surface area contributed by atoms with E-state index in [0.29, 0.717) is 25.4 Å². The zero-order valence-corrected chi connectivity index (χ0v) is 16.4. The van der Waals surface area contributed by atoms with Crippen molar-refractivity contribution in [3.63, 3.8) is 0 Å². The van der Waals surface area contributed by atoms with E-state index in [2.05, 4.69) is 5.32 Å². The molecule has 1 saturated heterocycles. The van der Waals surface area contributed by atoms with E-state index >= 15 is 0 Å². The number of hydrogen-bond acceptors (Lipinski definition) is 3. The maximum absolute atomic E-state index is 12.7. The molecule has 1 unspecified atom stereocenters. The Labute approximate surface area is 169 Å². The van der Waals surface area contributed by atoms with Gasteiger partial charge < -0.3 is 19.7 Å². The molecule has 156 valence electrons. The first-order valence-corrected chi connectivity index (χ1v) is 9.84. The van der Waals surface area contributed by atoms with Crippen molar-refractivity contribution in [1.82, 2.24) is 10.2 Å². The average Bonchev–Trinajstić information content (AvgIpc) is 3.22. The zero-order valence-electron chi connectivity index (χ0n) is 16.4. The maximum atomic E-state index is 12.7. The predicted octanol–water partition coefficient (Wildman–Crippen LogP) is 4.78. The quantitative estimate of drug-likeness (QED) is 0.689. The highest BCUT2D eigenvalue weighted by molar-refractivity contribution is 5.75. The number of alkyl halides is 2. The number of urea groups is 1. The highest BCUT2D eigenvalue weighted by atomic mass is 19.3. The highest BCUT2D eigenvalue weighted by Gasteiger charge is 2.29. The lowest BCUT2D eigenvalue weighted by atomic mass is 10.0. The SMILES string of the molecule is CCOc1ccc(C2CCCN2C(=O)NCc2cccc(OCC(F)F)c2)cc1. The van der Waals surface area contributed by atoms with Gasteiger partial charge in [0.05, 0.1) is 12.6 Å².